The first-order chi connectivity index (χ1) is 17.3. The van der Waals surface area contributed by atoms with Crippen LogP contribution in [-0.4, -0.2) is 54.7 Å². The average molecular weight is 515 g/mol. The summed E-state index contributed by atoms with van der Waals surface area (Å²) >= 11 is 6.01. The summed E-state index contributed by atoms with van der Waals surface area (Å²) in [6.07, 6.45) is 1.92. The number of anilines is 1. The smallest absolute Gasteiger partial charge is 0.321 e. The van der Waals surface area contributed by atoms with Crippen LogP contribution in [0.4, 0.5) is 10.5 Å². The number of benzene rings is 2. The first kappa shape index (κ1) is 25.6. The van der Waals surface area contributed by atoms with Gasteiger partial charge in [-0.2, -0.15) is 0 Å². The molecule has 1 saturated heterocycles. The molecular weight excluding hydrogens is 484 g/mol. The molecule has 2 atom stereocenters. The number of rotatable bonds is 7. The first-order valence-electron chi connectivity index (χ1n) is 12.2. The highest BCUT2D eigenvalue weighted by Gasteiger charge is 2.34. The van der Waals surface area contributed by atoms with Crippen molar-refractivity contribution < 1.29 is 23.9 Å². The summed E-state index contributed by atoms with van der Waals surface area (Å²) in [5.74, 6) is 0.379. The number of urea groups is 1. The number of nitrogens with zero attached hydrogens (tertiary/aromatic N) is 1. The fourth-order valence-electron chi connectivity index (χ4n) is 4.30. The predicted octanol–water partition coefficient (Wildman–Crippen LogP) is 4.03. The largest absolute Gasteiger partial charge is 0.454 e. The second-order valence-electron chi connectivity index (χ2n) is 9.10. The zero-order valence-corrected chi connectivity index (χ0v) is 21.1. The molecule has 192 valence electrons. The van der Waals surface area contributed by atoms with Gasteiger partial charge in [-0.1, -0.05) is 24.6 Å². The number of likely N-dealkylation sites (tertiary alicyclic amines) is 1. The number of fused-ring (bicyclic) bond motifs is 1. The molecule has 2 aromatic rings. The van der Waals surface area contributed by atoms with Crippen LogP contribution in [-0.2, 0) is 4.79 Å². The van der Waals surface area contributed by atoms with Gasteiger partial charge < -0.3 is 30.3 Å². The zero-order valence-electron chi connectivity index (χ0n) is 20.4. The average Bonchev–Trinajstić information content (AvgIpc) is 3.35. The summed E-state index contributed by atoms with van der Waals surface area (Å²) < 4.78 is 10.7. The second kappa shape index (κ2) is 11.5. The standard InChI is InChI=1S/C26H31ClN4O5/c1-3-16(2)28-25(33)23(30-24(32)18-7-8-21-22(13-18)36-15-35-21)17-9-11-31(12-10-17)26(34)29-20-6-4-5-19(27)14-20/h4-8,13-14,16-17,23H,3,9-12,15H2,1-2H3,(H,28,33)(H,29,34)(H,30,32). The lowest BCUT2D eigenvalue weighted by molar-refractivity contribution is -0.125. The third kappa shape index (κ3) is 6.20. The normalized spacial score (nSPS) is 16.7. The van der Waals surface area contributed by atoms with Crippen LogP contribution in [0.15, 0.2) is 42.5 Å². The van der Waals surface area contributed by atoms with Crippen LogP contribution >= 0.6 is 11.6 Å². The number of amides is 4. The highest BCUT2D eigenvalue weighted by atomic mass is 35.5. The summed E-state index contributed by atoms with van der Waals surface area (Å²) in [7, 11) is 0. The van der Waals surface area contributed by atoms with E-state index in [-0.39, 0.29) is 36.6 Å². The van der Waals surface area contributed by atoms with Crippen molar-refractivity contribution in [2.24, 2.45) is 5.92 Å². The lowest BCUT2D eigenvalue weighted by Gasteiger charge is -2.36. The minimum Gasteiger partial charge on any atom is -0.454 e. The molecule has 0 radical (unpaired) electrons. The number of carbonyl (C=O) groups is 3. The van der Waals surface area contributed by atoms with Gasteiger partial charge in [0.25, 0.3) is 5.91 Å². The van der Waals surface area contributed by atoms with Crippen LogP contribution in [0.25, 0.3) is 0 Å². The molecule has 0 spiro atoms. The minimum absolute atomic E-state index is 0.0222. The monoisotopic (exact) mass is 514 g/mol. The van der Waals surface area contributed by atoms with Crippen LogP contribution in [0.5, 0.6) is 11.5 Å². The zero-order chi connectivity index (χ0) is 25.7. The second-order valence-corrected chi connectivity index (χ2v) is 9.54. The molecule has 2 unspecified atom stereocenters. The molecular formula is C26H31ClN4O5. The molecule has 4 rings (SSSR count). The van der Waals surface area contributed by atoms with Crippen molar-refractivity contribution in [2.75, 3.05) is 25.2 Å². The van der Waals surface area contributed by atoms with E-state index in [1.54, 1.807) is 47.4 Å². The molecule has 0 bridgehead atoms. The number of hydrogen-bond acceptors (Lipinski definition) is 5. The van der Waals surface area contributed by atoms with Crippen molar-refractivity contribution in [3.05, 3.63) is 53.1 Å². The molecule has 0 aromatic heterocycles. The number of halogens is 1. The van der Waals surface area contributed by atoms with Gasteiger partial charge in [0.1, 0.15) is 6.04 Å². The van der Waals surface area contributed by atoms with Crippen molar-refractivity contribution in [3.8, 4) is 11.5 Å². The third-order valence-corrected chi connectivity index (χ3v) is 6.81. The van der Waals surface area contributed by atoms with Gasteiger partial charge in [-0.25, -0.2) is 4.79 Å². The molecule has 0 saturated carbocycles. The van der Waals surface area contributed by atoms with Gasteiger partial charge in [0.15, 0.2) is 11.5 Å². The lowest BCUT2D eigenvalue weighted by Crippen LogP contribution is -2.55. The third-order valence-electron chi connectivity index (χ3n) is 6.58. The van der Waals surface area contributed by atoms with Crippen LogP contribution < -0.4 is 25.4 Å². The molecule has 3 N–H and O–H groups in total. The van der Waals surface area contributed by atoms with Gasteiger partial charge in [-0.3, -0.25) is 9.59 Å². The van der Waals surface area contributed by atoms with E-state index in [1.165, 1.54) is 0 Å². The highest BCUT2D eigenvalue weighted by Crippen LogP contribution is 2.32. The molecule has 0 aliphatic carbocycles. The Morgan fingerprint density at radius 2 is 1.81 bits per heavy atom. The topological polar surface area (TPSA) is 109 Å². The van der Waals surface area contributed by atoms with Gasteiger partial charge in [-0.05, 0) is 68.5 Å². The van der Waals surface area contributed by atoms with Crippen molar-refractivity contribution in [2.45, 2.75) is 45.2 Å². The molecule has 36 heavy (non-hydrogen) atoms. The Morgan fingerprint density at radius 1 is 1.06 bits per heavy atom. The first-order valence-corrected chi connectivity index (χ1v) is 12.5. The Morgan fingerprint density at radius 3 is 2.53 bits per heavy atom. The quantitative estimate of drug-likeness (QED) is 0.517. The van der Waals surface area contributed by atoms with E-state index < -0.39 is 6.04 Å². The molecule has 2 aliphatic heterocycles. The summed E-state index contributed by atoms with van der Waals surface area (Å²) in [6, 6.07) is 11.0. The number of nitrogens with one attached hydrogen (secondary N) is 3. The number of ether oxygens (including phenoxy) is 2. The Kier molecular flexibility index (Phi) is 8.20. The van der Waals surface area contributed by atoms with Gasteiger partial charge in [0.05, 0.1) is 0 Å². The summed E-state index contributed by atoms with van der Waals surface area (Å²) in [5.41, 5.74) is 1.01. The molecule has 2 aromatic carbocycles. The van der Waals surface area contributed by atoms with Crippen LogP contribution in [0.3, 0.4) is 0 Å². The molecule has 4 amide bonds. The minimum atomic E-state index is -0.727. The number of hydrogen-bond donors (Lipinski definition) is 3. The molecule has 1 fully saturated rings. The maximum absolute atomic E-state index is 13.2. The van der Waals surface area contributed by atoms with E-state index in [2.05, 4.69) is 16.0 Å². The summed E-state index contributed by atoms with van der Waals surface area (Å²) in [5, 5.41) is 9.33. The Labute approximate surface area is 215 Å². The summed E-state index contributed by atoms with van der Waals surface area (Å²) in [6.45, 7) is 4.96. The maximum atomic E-state index is 13.2. The van der Waals surface area contributed by atoms with E-state index in [4.69, 9.17) is 21.1 Å². The molecule has 2 heterocycles. The SMILES string of the molecule is CCC(C)NC(=O)C(NC(=O)c1ccc2c(c1)OCO2)C1CCN(C(=O)Nc2cccc(Cl)c2)CC1. The Balaban J connectivity index is 1.41. The van der Waals surface area contributed by atoms with Crippen LogP contribution in [0.1, 0.15) is 43.5 Å². The fraction of sp³-hybridized carbons (Fsp3) is 0.423. The molecule has 9 nitrogen and oxygen atoms in total. The van der Waals surface area contributed by atoms with Crippen LogP contribution in [0.2, 0.25) is 5.02 Å². The van der Waals surface area contributed by atoms with Crippen molar-refractivity contribution in [3.63, 3.8) is 0 Å². The molecule has 2 aliphatic rings. The lowest BCUT2D eigenvalue weighted by atomic mass is 9.88. The summed E-state index contributed by atoms with van der Waals surface area (Å²) in [4.78, 5) is 40.7. The van der Waals surface area contributed by atoms with E-state index >= 15 is 0 Å². The number of carbonyl (C=O) groups excluding carboxylic acids is 3. The van der Waals surface area contributed by atoms with Crippen molar-refractivity contribution >= 4 is 35.1 Å². The van der Waals surface area contributed by atoms with E-state index in [9.17, 15) is 14.4 Å². The van der Waals surface area contributed by atoms with E-state index in [1.807, 2.05) is 13.8 Å². The highest BCUT2D eigenvalue weighted by molar-refractivity contribution is 6.30. The maximum Gasteiger partial charge on any atom is 0.321 e. The molecule has 10 heteroatoms. The van der Waals surface area contributed by atoms with E-state index in [0.717, 1.165) is 6.42 Å². The fourth-order valence-corrected chi connectivity index (χ4v) is 4.49. The number of piperidine rings is 1. The predicted molar refractivity (Wildman–Crippen MR) is 136 cm³/mol. The Hall–Kier alpha value is -3.46. The van der Waals surface area contributed by atoms with Gasteiger partial charge >= 0.3 is 6.03 Å². The van der Waals surface area contributed by atoms with Crippen LogP contribution in [0, 0.1) is 5.92 Å². The van der Waals surface area contributed by atoms with E-state index in [0.29, 0.717) is 53.7 Å². The van der Waals surface area contributed by atoms with Gasteiger partial charge in [0, 0.05) is 35.4 Å². The van der Waals surface area contributed by atoms with Gasteiger partial charge in [-0.15, -0.1) is 0 Å². The van der Waals surface area contributed by atoms with Crippen molar-refractivity contribution in [1.29, 1.82) is 0 Å². The Bertz CT molecular complexity index is 1120. The van der Waals surface area contributed by atoms with Crippen molar-refractivity contribution in [1.82, 2.24) is 15.5 Å². The van der Waals surface area contributed by atoms with Gasteiger partial charge in [0.2, 0.25) is 12.7 Å².